The lowest BCUT2D eigenvalue weighted by Crippen LogP contribution is -2.36. The van der Waals surface area contributed by atoms with Gasteiger partial charge in [0.25, 0.3) is 10.3 Å². The summed E-state index contributed by atoms with van der Waals surface area (Å²) in [6.45, 7) is 5.75. The summed E-state index contributed by atoms with van der Waals surface area (Å²) in [7, 11) is -1.64. The monoisotopic (exact) mass is 780 g/mol. The first kappa shape index (κ1) is 39.0. The zero-order chi connectivity index (χ0) is 36.0. The molecule has 9 nitrogen and oxygen atoms in total. The summed E-state index contributed by atoms with van der Waals surface area (Å²) >= 11 is 35.9. The quantitative estimate of drug-likeness (QED) is 0.0830. The highest BCUT2D eigenvalue weighted by atomic mass is 35.5. The van der Waals surface area contributed by atoms with Crippen molar-refractivity contribution in [2.24, 2.45) is 0 Å². The number of nitrogens with one attached hydrogen (secondary N) is 2. The minimum absolute atomic E-state index is 0.0209. The van der Waals surface area contributed by atoms with Crippen molar-refractivity contribution in [2.45, 2.75) is 26.7 Å². The maximum atomic E-state index is 11.0. The third-order valence-corrected chi connectivity index (χ3v) is 8.93. The molecule has 0 aliphatic carbocycles. The number of anilines is 2. The van der Waals surface area contributed by atoms with Crippen molar-refractivity contribution in [1.82, 2.24) is 0 Å². The van der Waals surface area contributed by atoms with E-state index in [2.05, 4.69) is 10.6 Å². The number of hydrogen-bond donors (Lipinski definition) is 5. The van der Waals surface area contributed by atoms with E-state index in [0.29, 0.717) is 22.9 Å². The molecular formula is C32H30B2Cl4N2O7S2. The zero-order valence-electron chi connectivity index (χ0n) is 26.5. The molecule has 256 valence electrons. The predicted octanol–water partition coefficient (Wildman–Crippen LogP) is 6.66. The lowest BCUT2D eigenvalue weighted by molar-refractivity contribution is 0.254. The van der Waals surface area contributed by atoms with E-state index in [1.807, 2.05) is 45.0 Å². The normalized spacial score (nSPS) is 11.4. The van der Waals surface area contributed by atoms with E-state index in [-0.39, 0.29) is 59.6 Å². The topological polar surface area (TPSA) is 122 Å². The van der Waals surface area contributed by atoms with E-state index in [0.717, 1.165) is 16.7 Å². The Morgan fingerprint density at radius 2 is 1.24 bits per heavy atom. The van der Waals surface area contributed by atoms with Crippen LogP contribution in [0.4, 0.5) is 11.4 Å². The van der Waals surface area contributed by atoms with Gasteiger partial charge in [-0.25, -0.2) is 0 Å². The number of hydrogen-bond acceptors (Lipinski definition) is 9. The van der Waals surface area contributed by atoms with Crippen molar-refractivity contribution < 1.29 is 33.9 Å². The number of aryl methyl sites for hydroxylation is 2. The van der Waals surface area contributed by atoms with Crippen LogP contribution in [0.1, 0.15) is 29.5 Å². The summed E-state index contributed by atoms with van der Waals surface area (Å²) in [6.07, 6.45) is 0. The summed E-state index contributed by atoms with van der Waals surface area (Å²) in [5, 5.41) is 36.6. The molecule has 1 unspecified atom stereocenters. The van der Waals surface area contributed by atoms with Crippen LogP contribution in [0.3, 0.4) is 0 Å². The van der Waals surface area contributed by atoms with Crippen molar-refractivity contribution in [2.75, 3.05) is 24.4 Å². The minimum Gasteiger partial charge on any atom is -0.497 e. The van der Waals surface area contributed by atoms with Gasteiger partial charge in [-0.1, -0.05) is 71.5 Å². The molecule has 0 aliphatic heterocycles. The van der Waals surface area contributed by atoms with Gasteiger partial charge in [0.2, 0.25) is 0 Å². The number of ether oxygens (including phenoxy) is 3. The maximum Gasteiger partial charge on any atom is 0.492 e. The van der Waals surface area contributed by atoms with Gasteiger partial charge in [-0.05, 0) is 91.4 Å². The Morgan fingerprint density at radius 3 is 1.80 bits per heavy atom. The molecule has 5 N–H and O–H groups in total. The van der Waals surface area contributed by atoms with Crippen LogP contribution < -0.4 is 35.8 Å². The molecule has 0 fully saturated rings. The van der Waals surface area contributed by atoms with Crippen LogP contribution in [0.5, 0.6) is 17.2 Å². The predicted molar refractivity (Wildman–Crippen MR) is 207 cm³/mol. The van der Waals surface area contributed by atoms with Gasteiger partial charge in [0.1, 0.15) is 17.2 Å². The fraction of sp³-hybridized carbons (Fsp3) is 0.188. The van der Waals surface area contributed by atoms with Crippen molar-refractivity contribution >= 4 is 118 Å². The molecule has 0 aliphatic rings. The Labute approximate surface area is 315 Å². The summed E-state index contributed by atoms with van der Waals surface area (Å²) < 4.78 is 22.8. The molecule has 0 saturated carbocycles. The van der Waals surface area contributed by atoms with Crippen LogP contribution in [0.15, 0.2) is 60.7 Å². The second kappa shape index (κ2) is 17.4. The van der Waals surface area contributed by atoms with Crippen molar-refractivity contribution in [3.05, 3.63) is 97.4 Å². The van der Waals surface area contributed by atoms with Crippen LogP contribution in [0.2, 0.25) is 20.1 Å². The van der Waals surface area contributed by atoms with Gasteiger partial charge in [-0.3, -0.25) is 0 Å². The molecule has 0 heterocycles. The molecule has 1 atom stereocenters. The number of rotatable bonds is 11. The minimum atomic E-state index is -1.80. The third-order valence-electron chi connectivity index (χ3n) is 7.28. The Morgan fingerprint density at radius 1 is 0.735 bits per heavy atom. The zero-order valence-corrected chi connectivity index (χ0v) is 31.2. The van der Waals surface area contributed by atoms with E-state index in [1.165, 1.54) is 24.3 Å². The SMILES string of the molecule is COc1ccc(C)c(OC(=S)Nc2cc(B(O)OCC(C)c3ccc(C)c(OC(=S)Nc4cc(B(O)O)c(Cl)cc4Cl)c3)c(Cl)cc2Cl)c1. The Balaban J connectivity index is 1.40. The van der Waals surface area contributed by atoms with Gasteiger partial charge in [0, 0.05) is 39.6 Å². The van der Waals surface area contributed by atoms with Crippen LogP contribution in [-0.4, -0.2) is 53.4 Å². The highest BCUT2D eigenvalue weighted by Gasteiger charge is 2.24. The summed E-state index contributed by atoms with van der Waals surface area (Å²) in [4.78, 5) is 0. The first-order valence-electron chi connectivity index (χ1n) is 14.5. The Kier molecular flexibility index (Phi) is 13.9. The number of thiocarbonyl (C=S) groups is 2. The van der Waals surface area contributed by atoms with Gasteiger partial charge < -0.3 is 44.6 Å². The molecule has 0 bridgehead atoms. The summed E-state index contributed by atoms with van der Waals surface area (Å²) in [5.41, 5.74) is 3.44. The maximum absolute atomic E-state index is 11.0. The molecule has 0 radical (unpaired) electrons. The van der Waals surface area contributed by atoms with Crippen LogP contribution in [-0.2, 0) is 4.65 Å². The Bertz CT molecular complexity index is 1870. The first-order chi connectivity index (χ1) is 23.2. The fourth-order valence-electron chi connectivity index (χ4n) is 4.45. The van der Waals surface area contributed by atoms with E-state index in [9.17, 15) is 15.1 Å². The molecular weight excluding hydrogens is 752 g/mol. The molecule has 0 spiro atoms. The van der Waals surface area contributed by atoms with Crippen molar-refractivity contribution in [1.29, 1.82) is 0 Å². The van der Waals surface area contributed by atoms with Gasteiger partial charge in [-0.15, -0.1) is 0 Å². The average molecular weight is 782 g/mol. The summed E-state index contributed by atoms with van der Waals surface area (Å²) in [5.74, 6) is 1.38. The van der Waals surface area contributed by atoms with E-state index < -0.39 is 14.2 Å². The van der Waals surface area contributed by atoms with Crippen LogP contribution >= 0.6 is 70.8 Å². The van der Waals surface area contributed by atoms with Crippen molar-refractivity contribution in [3.8, 4) is 17.2 Å². The molecule has 0 saturated heterocycles. The van der Waals surface area contributed by atoms with Gasteiger partial charge in [-0.2, -0.15) is 0 Å². The largest absolute Gasteiger partial charge is 0.497 e. The lowest BCUT2D eigenvalue weighted by atomic mass is 9.79. The van der Waals surface area contributed by atoms with E-state index in [1.54, 1.807) is 19.2 Å². The lowest BCUT2D eigenvalue weighted by Gasteiger charge is -2.19. The van der Waals surface area contributed by atoms with Crippen molar-refractivity contribution in [3.63, 3.8) is 0 Å². The second-order valence-corrected chi connectivity index (χ2v) is 13.2. The van der Waals surface area contributed by atoms with E-state index in [4.69, 9.17) is 89.7 Å². The molecule has 49 heavy (non-hydrogen) atoms. The highest BCUT2D eigenvalue weighted by Crippen LogP contribution is 2.30. The molecule has 4 rings (SSSR count). The summed E-state index contributed by atoms with van der Waals surface area (Å²) in [6, 6.07) is 16.7. The number of halogens is 4. The standard InChI is InChI=1S/C32H30B2Cl4N2O7S2/c1-16-5-7-19(9-29(16)46-31(48)39-27-11-21(33(41)42)23(35)13-25(27)37)18(3)15-45-34(43)22-12-28(26(38)14-24(22)36)40-32(49)47-30-10-20(44-4)8-6-17(30)2/h5-14,18,41-43H,15H2,1-4H3,(H,39,48)(H,40,49). The van der Waals surface area contributed by atoms with Crippen LogP contribution in [0, 0.1) is 13.8 Å². The van der Waals surface area contributed by atoms with Gasteiger partial charge in [0.05, 0.1) is 28.5 Å². The first-order valence-corrected chi connectivity index (χ1v) is 16.9. The Hall–Kier alpha value is -2.81. The smallest absolute Gasteiger partial charge is 0.492 e. The third kappa shape index (κ3) is 10.4. The number of benzene rings is 4. The molecule has 4 aromatic rings. The van der Waals surface area contributed by atoms with Crippen LogP contribution in [0.25, 0.3) is 0 Å². The highest BCUT2D eigenvalue weighted by molar-refractivity contribution is 7.80. The molecule has 0 amide bonds. The van der Waals surface area contributed by atoms with Gasteiger partial charge >= 0.3 is 14.2 Å². The second-order valence-electron chi connectivity index (χ2n) is 10.9. The fourth-order valence-corrected chi connectivity index (χ4v) is 5.90. The molecule has 4 aromatic carbocycles. The van der Waals surface area contributed by atoms with E-state index >= 15 is 0 Å². The average Bonchev–Trinajstić information content (AvgIpc) is 3.04. The number of methoxy groups -OCH3 is 1. The van der Waals surface area contributed by atoms with Gasteiger partial charge in [0.15, 0.2) is 0 Å². The molecule has 0 aromatic heterocycles. The molecule has 17 heteroatoms.